The Labute approximate surface area is 288 Å². The summed E-state index contributed by atoms with van der Waals surface area (Å²) in [4.78, 5) is 25.1. The van der Waals surface area contributed by atoms with E-state index < -0.39 is 32.7 Å². The van der Waals surface area contributed by atoms with E-state index in [2.05, 4.69) is 55.6 Å². The van der Waals surface area contributed by atoms with Gasteiger partial charge in [-0.3, -0.25) is 9.36 Å². The zero-order valence-corrected chi connectivity index (χ0v) is 31.5. The molecule has 0 saturated carbocycles. The Kier molecular flexibility index (Phi) is 28.8. The summed E-state index contributed by atoms with van der Waals surface area (Å²) in [6, 6.07) is -1.10. The van der Waals surface area contributed by atoms with E-state index in [1.807, 2.05) is 21.1 Å². The van der Waals surface area contributed by atoms with Gasteiger partial charge in [-0.05, 0) is 70.6 Å². The molecule has 0 spiro atoms. The van der Waals surface area contributed by atoms with Crippen molar-refractivity contribution in [2.45, 2.75) is 154 Å². The Balaban J connectivity index is 4.75. The second-order valence-corrected chi connectivity index (χ2v) is 15.1. The van der Waals surface area contributed by atoms with E-state index in [1.165, 1.54) is 32.1 Å². The maximum Gasteiger partial charge on any atom is 0.268 e. The highest BCUT2D eigenvalue weighted by atomic mass is 31.2. The van der Waals surface area contributed by atoms with E-state index in [0.29, 0.717) is 30.3 Å². The molecular formula is C37H71N2O7P. The second-order valence-electron chi connectivity index (χ2n) is 13.7. The number of hydrogen-bond acceptors (Lipinski definition) is 7. The number of likely N-dealkylation sites (N-methyl/N-ethyl adjacent to an activating group) is 1. The van der Waals surface area contributed by atoms with Gasteiger partial charge >= 0.3 is 0 Å². The fourth-order valence-electron chi connectivity index (χ4n) is 4.84. The van der Waals surface area contributed by atoms with Gasteiger partial charge in [0.1, 0.15) is 19.3 Å². The van der Waals surface area contributed by atoms with E-state index in [1.54, 1.807) is 0 Å². The zero-order valence-electron chi connectivity index (χ0n) is 30.6. The molecular weight excluding hydrogens is 615 g/mol. The maximum atomic E-state index is 12.8. The predicted octanol–water partition coefficient (Wildman–Crippen LogP) is 7.52. The molecule has 0 bridgehead atoms. The lowest BCUT2D eigenvalue weighted by Gasteiger charge is -2.31. The minimum absolute atomic E-state index is 0.0512. The molecule has 0 radical (unpaired) electrons. The Hall–Kier alpha value is -1.32. The summed E-state index contributed by atoms with van der Waals surface area (Å²) in [6.45, 7) is 4.28. The standard InChI is InChI=1S/C37H71N2O7P/c1-6-8-10-12-14-16-18-20-21-23-25-27-29-35(40)37(42)34(33-46-47(43,44)45-32-31-39(3,4)5)38-36(41)30-28-26-24-22-19-17-15-13-11-9-7-2/h13-16,21,23,34-35,37,40,42H,6-12,17-20,22,24-33H2,1-5H3,(H-,38,41,43,44)/b15-13-,16-14+,23-21+. The van der Waals surface area contributed by atoms with Gasteiger partial charge in [0.05, 0.1) is 39.9 Å². The van der Waals surface area contributed by atoms with Gasteiger partial charge < -0.3 is 34.0 Å². The smallest absolute Gasteiger partial charge is 0.268 e. The molecule has 0 aromatic heterocycles. The molecule has 0 aromatic carbocycles. The van der Waals surface area contributed by atoms with Crippen molar-refractivity contribution in [3.05, 3.63) is 36.5 Å². The first-order chi connectivity index (χ1) is 22.4. The number of nitrogens with one attached hydrogen (secondary N) is 1. The van der Waals surface area contributed by atoms with Crippen LogP contribution in [0.15, 0.2) is 36.5 Å². The Morgan fingerprint density at radius 1 is 0.745 bits per heavy atom. The van der Waals surface area contributed by atoms with E-state index in [9.17, 15) is 24.5 Å². The summed E-state index contributed by atoms with van der Waals surface area (Å²) >= 11 is 0. The lowest BCUT2D eigenvalue weighted by atomic mass is 10.0. The number of nitrogens with zero attached hydrogens (tertiary/aromatic N) is 1. The quantitative estimate of drug-likeness (QED) is 0.0289. The van der Waals surface area contributed by atoms with Crippen molar-refractivity contribution in [3.8, 4) is 0 Å². The van der Waals surface area contributed by atoms with Crippen LogP contribution in [0.2, 0.25) is 0 Å². The lowest BCUT2D eigenvalue weighted by molar-refractivity contribution is -0.870. The molecule has 10 heteroatoms. The number of amides is 1. The van der Waals surface area contributed by atoms with E-state index in [4.69, 9.17) is 9.05 Å². The van der Waals surface area contributed by atoms with Crippen molar-refractivity contribution in [2.24, 2.45) is 0 Å². The van der Waals surface area contributed by atoms with Crippen molar-refractivity contribution < 1.29 is 38.0 Å². The van der Waals surface area contributed by atoms with Gasteiger partial charge in [-0.25, -0.2) is 0 Å². The number of unbranched alkanes of at least 4 members (excludes halogenated alkanes) is 12. The first-order valence-electron chi connectivity index (χ1n) is 18.4. The van der Waals surface area contributed by atoms with Gasteiger partial charge in [0.25, 0.3) is 7.82 Å². The third-order valence-electron chi connectivity index (χ3n) is 7.92. The van der Waals surface area contributed by atoms with Crippen LogP contribution in [0.25, 0.3) is 0 Å². The molecule has 0 fully saturated rings. The van der Waals surface area contributed by atoms with Crippen molar-refractivity contribution in [2.75, 3.05) is 40.9 Å². The van der Waals surface area contributed by atoms with Gasteiger partial charge in [0, 0.05) is 6.42 Å². The largest absolute Gasteiger partial charge is 0.756 e. The number of quaternary nitrogens is 1. The molecule has 0 aliphatic carbocycles. The summed E-state index contributed by atoms with van der Waals surface area (Å²) in [5.41, 5.74) is 0. The average molecular weight is 687 g/mol. The van der Waals surface area contributed by atoms with Crippen LogP contribution in [0, 0.1) is 0 Å². The van der Waals surface area contributed by atoms with Crippen molar-refractivity contribution in [1.29, 1.82) is 0 Å². The fraction of sp³-hybridized carbons (Fsp3) is 0.811. The number of allylic oxidation sites excluding steroid dienone is 6. The number of aliphatic hydroxyl groups excluding tert-OH is 2. The normalized spacial score (nSPS) is 15.8. The fourth-order valence-corrected chi connectivity index (χ4v) is 5.56. The molecule has 1 amide bonds. The monoisotopic (exact) mass is 686 g/mol. The highest BCUT2D eigenvalue weighted by Gasteiger charge is 2.29. The van der Waals surface area contributed by atoms with Gasteiger partial charge in [-0.2, -0.15) is 0 Å². The van der Waals surface area contributed by atoms with E-state index in [0.717, 1.165) is 64.2 Å². The lowest BCUT2D eigenvalue weighted by Crippen LogP contribution is -2.51. The number of carbonyl (C=O) groups excluding carboxylic acids is 1. The topological polar surface area (TPSA) is 128 Å². The van der Waals surface area contributed by atoms with Crippen LogP contribution >= 0.6 is 7.82 Å². The van der Waals surface area contributed by atoms with Crippen LogP contribution in [0.3, 0.4) is 0 Å². The molecule has 0 saturated heterocycles. The minimum Gasteiger partial charge on any atom is -0.756 e. The van der Waals surface area contributed by atoms with Crippen LogP contribution in [-0.2, 0) is 18.4 Å². The number of hydrogen-bond donors (Lipinski definition) is 3. The van der Waals surface area contributed by atoms with Crippen LogP contribution in [0.4, 0.5) is 0 Å². The maximum absolute atomic E-state index is 12.8. The van der Waals surface area contributed by atoms with Gasteiger partial charge in [0.15, 0.2) is 0 Å². The third-order valence-corrected chi connectivity index (χ3v) is 8.88. The van der Waals surface area contributed by atoms with E-state index >= 15 is 0 Å². The Morgan fingerprint density at radius 3 is 1.85 bits per heavy atom. The highest BCUT2D eigenvalue weighted by molar-refractivity contribution is 7.45. The SMILES string of the molecule is CCCC/C=C\CCCCCCCC(=O)NC(COP(=O)([O-])OCC[N+](C)(C)C)C(O)C(O)CCC/C=C/CC/C=C/CCCCC. The van der Waals surface area contributed by atoms with Crippen molar-refractivity contribution in [3.63, 3.8) is 0 Å². The highest BCUT2D eigenvalue weighted by Crippen LogP contribution is 2.38. The molecule has 276 valence electrons. The van der Waals surface area contributed by atoms with Crippen LogP contribution in [-0.4, -0.2) is 79.8 Å². The molecule has 4 atom stereocenters. The molecule has 47 heavy (non-hydrogen) atoms. The van der Waals surface area contributed by atoms with E-state index in [-0.39, 0.29) is 18.9 Å². The number of carbonyl (C=O) groups is 1. The molecule has 0 aromatic rings. The first kappa shape index (κ1) is 45.7. The minimum atomic E-state index is -4.67. The van der Waals surface area contributed by atoms with Crippen molar-refractivity contribution in [1.82, 2.24) is 5.32 Å². The summed E-state index contributed by atoms with van der Waals surface area (Å²) in [7, 11) is 1.08. The summed E-state index contributed by atoms with van der Waals surface area (Å²) in [5.74, 6) is -0.308. The molecule has 0 rings (SSSR count). The Morgan fingerprint density at radius 2 is 1.26 bits per heavy atom. The average Bonchev–Trinajstić information content (AvgIpc) is 3.01. The second kappa shape index (κ2) is 29.6. The summed E-state index contributed by atoms with van der Waals surface area (Å²) < 4.78 is 23.0. The number of phosphoric acid groups is 1. The van der Waals surface area contributed by atoms with Gasteiger partial charge in [0.2, 0.25) is 5.91 Å². The van der Waals surface area contributed by atoms with Crippen LogP contribution in [0.5, 0.6) is 0 Å². The zero-order chi connectivity index (χ0) is 35.2. The van der Waals surface area contributed by atoms with Gasteiger partial charge in [-0.15, -0.1) is 0 Å². The molecule has 3 N–H and O–H groups in total. The molecule has 0 aliphatic heterocycles. The molecule has 0 heterocycles. The first-order valence-corrected chi connectivity index (χ1v) is 19.9. The third kappa shape index (κ3) is 30.5. The van der Waals surface area contributed by atoms with Crippen LogP contribution in [0.1, 0.15) is 136 Å². The predicted molar refractivity (Wildman–Crippen MR) is 193 cm³/mol. The number of phosphoric ester groups is 1. The molecule has 4 unspecified atom stereocenters. The van der Waals surface area contributed by atoms with Crippen LogP contribution < -0.4 is 10.2 Å². The summed E-state index contributed by atoms with van der Waals surface area (Å²) in [6.07, 6.45) is 29.0. The van der Waals surface area contributed by atoms with Crippen molar-refractivity contribution >= 4 is 13.7 Å². The van der Waals surface area contributed by atoms with Gasteiger partial charge in [-0.1, -0.05) is 95.2 Å². The Bertz CT molecular complexity index is 888. The summed E-state index contributed by atoms with van der Waals surface area (Å²) in [5, 5.41) is 24.4. The molecule has 0 aliphatic rings. The number of aliphatic hydroxyl groups is 2. The number of rotatable bonds is 32. The molecule has 9 nitrogen and oxygen atoms in total.